The minimum atomic E-state index is -0.773. The van der Waals surface area contributed by atoms with Crippen molar-refractivity contribution >= 4 is 17.4 Å². The van der Waals surface area contributed by atoms with Crippen LogP contribution in [0, 0.1) is 5.92 Å². The van der Waals surface area contributed by atoms with E-state index in [1.807, 2.05) is 6.07 Å². The Morgan fingerprint density at radius 1 is 0.976 bits per heavy atom. The predicted octanol–water partition coefficient (Wildman–Crippen LogP) is 6.06. The zero-order chi connectivity index (χ0) is 29.9. The summed E-state index contributed by atoms with van der Waals surface area (Å²) in [5.74, 6) is 0.748. The maximum atomic E-state index is 13.5. The maximum Gasteiger partial charge on any atom is 0.295 e. The van der Waals surface area contributed by atoms with Gasteiger partial charge in [0, 0.05) is 18.7 Å². The molecule has 1 amide bonds. The lowest BCUT2D eigenvalue weighted by atomic mass is 9.95. The van der Waals surface area contributed by atoms with Gasteiger partial charge in [-0.1, -0.05) is 47.1 Å². The van der Waals surface area contributed by atoms with Crippen LogP contribution in [-0.4, -0.2) is 73.1 Å². The fourth-order valence-corrected chi connectivity index (χ4v) is 4.82. The molecule has 0 saturated carbocycles. The zero-order valence-corrected chi connectivity index (χ0v) is 25.4. The van der Waals surface area contributed by atoms with Crippen LogP contribution in [0.25, 0.3) is 5.76 Å². The number of benzene rings is 2. The summed E-state index contributed by atoms with van der Waals surface area (Å²) in [5, 5.41) is 11.5. The van der Waals surface area contributed by atoms with Crippen molar-refractivity contribution in [3.8, 4) is 17.2 Å². The number of amides is 1. The summed E-state index contributed by atoms with van der Waals surface area (Å²) in [6, 6.07) is 11.6. The third-order valence-corrected chi connectivity index (χ3v) is 7.44. The van der Waals surface area contributed by atoms with Crippen LogP contribution >= 0.6 is 0 Å². The number of likely N-dealkylation sites (N-methyl/N-ethyl adjacent to an activating group) is 1. The molecule has 0 bridgehead atoms. The van der Waals surface area contributed by atoms with Crippen LogP contribution in [-0.2, 0) is 9.59 Å². The topological polar surface area (TPSA) is 88.5 Å². The first-order valence-electron chi connectivity index (χ1n) is 14.8. The number of hydrogen-bond acceptors (Lipinski definition) is 7. The van der Waals surface area contributed by atoms with Gasteiger partial charge in [-0.25, -0.2) is 0 Å². The van der Waals surface area contributed by atoms with Gasteiger partial charge < -0.3 is 29.1 Å². The number of unbranched alkanes of at least 4 members (excludes halogenated alkanes) is 1. The number of carbonyl (C=O) groups is 2. The molecule has 8 nitrogen and oxygen atoms in total. The monoisotopic (exact) mass is 566 g/mol. The van der Waals surface area contributed by atoms with Gasteiger partial charge in [0.15, 0.2) is 11.5 Å². The summed E-state index contributed by atoms with van der Waals surface area (Å²) in [4.78, 5) is 30.6. The smallest absolute Gasteiger partial charge is 0.295 e. The third-order valence-electron chi connectivity index (χ3n) is 7.44. The van der Waals surface area contributed by atoms with Crippen molar-refractivity contribution in [1.29, 1.82) is 0 Å². The van der Waals surface area contributed by atoms with Crippen molar-refractivity contribution in [3.05, 3.63) is 59.2 Å². The summed E-state index contributed by atoms with van der Waals surface area (Å²) in [5.41, 5.74) is 1.17. The van der Waals surface area contributed by atoms with Gasteiger partial charge in [0.2, 0.25) is 0 Å². The Balaban J connectivity index is 2.03. The number of ether oxygens (including phenoxy) is 3. The zero-order valence-electron chi connectivity index (χ0n) is 25.4. The Kier molecular flexibility index (Phi) is 12.1. The van der Waals surface area contributed by atoms with E-state index in [-0.39, 0.29) is 11.3 Å². The second-order valence-electron chi connectivity index (χ2n) is 10.7. The average Bonchev–Trinajstić information content (AvgIpc) is 3.23. The molecular weight excluding hydrogens is 520 g/mol. The second kappa shape index (κ2) is 15.5. The van der Waals surface area contributed by atoms with Crippen LogP contribution in [0.5, 0.6) is 17.2 Å². The molecule has 1 fully saturated rings. The number of aliphatic hydroxyl groups excluding tert-OH is 1. The van der Waals surface area contributed by atoms with Crippen LogP contribution in [0.1, 0.15) is 71.0 Å². The standard InChI is InChI=1S/C33H46N2O6/c1-7-10-20-40-26-14-11-24(12-15-26)31(36)29-30(35(33(38)32(29)37)19-18-34(8-2)9-3)25-13-16-27(28(22-25)39-6)41-21-17-23(4)5/h11-16,22-23,30,36H,7-10,17-21H2,1-6H3/b31-29+. The summed E-state index contributed by atoms with van der Waals surface area (Å²) in [6.07, 6.45) is 2.88. The highest BCUT2D eigenvalue weighted by Gasteiger charge is 2.46. The fourth-order valence-electron chi connectivity index (χ4n) is 4.82. The number of hydrogen-bond donors (Lipinski definition) is 1. The molecule has 0 spiro atoms. The van der Waals surface area contributed by atoms with Crippen LogP contribution < -0.4 is 14.2 Å². The third kappa shape index (κ3) is 8.03. The Hall–Kier alpha value is -3.52. The molecule has 1 aliphatic heterocycles. The number of aliphatic hydroxyl groups is 1. The van der Waals surface area contributed by atoms with Crippen LogP contribution in [0.2, 0.25) is 0 Å². The highest BCUT2D eigenvalue weighted by Crippen LogP contribution is 2.42. The van der Waals surface area contributed by atoms with E-state index in [0.29, 0.717) is 60.6 Å². The van der Waals surface area contributed by atoms with Gasteiger partial charge >= 0.3 is 0 Å². The van der Waals surface area contributed by atoms with E-state index in [1.165, 1.54) is 0 Å². The van der Waals surface area contributed by atoms with Crippen molar-refractivity contribution < 1.29 is 28.9 Å². The number of rotatable bonds is 16. The number of ketones is 1. The van der Waals surface area contributed by atoms with E-state index in [2.05, 4.69) is 39.5 Å². The van der Waals surface area contributed by atoms with Crippen LogP contribution in [0.3, 0.4) is 0 Å². The molecule has 0 aromatic heterocycles. The van der Waals surface area contributed by atoms with Gasteiger partial charge in [-0.05, 0) is 73.8 Å². The molecule has 2 aromatic carbocycles. The fraction of sp³-hybridized carbons (Fsp3) is 0.515. The van der Waals surface area contributed by atoms with Crippen LogP contribution in [0.15, 0.2) is 48.0 Å². The molecule has 3 rings (SSSR count). The molecule has 1 saturated heterocycles. The number of methoxy groups -OCH3 is 1. The summed E-state index contributed by atoms with van der Waals surface area (Å²) >= 11 is 0. The highest BCUT2D eigenvalue weighted by atomic mass is 16.5. The lowest BCUT2D eigenvalue weighted by molar-refractivity contribution is -0.140. The van der Waals surface area contributed by atoms with Crippen molar-refractivity contribution in [1.82, 2.24) is 9.80 Å². The Labute approximate surface area is 244 Å². The van der Waals surface area contributed by atoms with Gasteiger partial charge in [-0.2, -0.15) is 0 Å². The van der Waals surface area contributed by atoms with E-state index in [9.17, 15) is 14.7 Å². The second-order valence-corrected chi connectivity index (χ2v) is 10.7. The van der Waals surface area contributed by atoms with E-state index < -0.39 is 17.7 Å². The first kappa shape index (κ1) is 32.0. The largest absolute Gasteiger partial charge is 0.507 e. The quantitative estimate of drug-likeness (QED) is 0.114. The number of likely N-dealkylation sites (tertiary alicyclic amines) is 1. The van der Waals surface area contributed by atoms with Gasteiger partial charge in [0.1, 0.15) is 11.5 Å². The molecule has 8 heteroatoms. The molecule has 1 atom stereocenters. The molecular formula is C33H46N2O6. The summed E-state index contributed by atoms with van der Waals surface area (Å²) in [7, 11) is 1.57. The first-order valence-corrected chi connectivity index (χ1v) is 14.8. The minimum absolute atomic E-state index is 0.0599. The van der Waals surface area contributed by atoms with E-state index in [0.717, 1.165) is 32.4 Å². The lowest BCUT2D eigenvalue weighted by Crippen LogP contribution is -2.38. The molecule has 1 heterocycles. The molecule has 2 aromatic rings. The molecule has 1 aliphatic rings. The van der Waals surface area contributed by atoms with E-state index in [4.69, 9.17) is 14.2 Å². The summed E-state index contributed by atoms with van der Waals surface area (Å²) < 4.78 is 17.4. The van der Waals surface area contributed by atoms with E-state index in [1.54, 1.807) is 48.4 Å². The average molecular weight is 567 g/mol. The SMILES string of the molecule is CCCCOc1ccc(/C(O)=C2\C(=O)C(=O)N(CCN(CC)CC)C2c2ccc(OCCC(C)C)c(OC)c2)cc1. The van der Waals surface area contributed by atoms with Gasteiger partial charge in [-0.3, -0.25) is 9.59 Å². The van der Waals surface area contributed by atoms with Gasteiger partial charge in [0.25, 0.3) is 11.7 Å². The molecule has 0 radical (unpaired) electrons. The number of Topliss-reactive ketones (excluding diaryl/α,β-unsaturated/α-hetero) is 1. The molecule has 1 unspecified atom stereocenters. The highest BCUT2D eigenvalue weighted by molar-refractivity contribution is 6.46. The van der Waals surface area contributed by atoms with E-state index >= 15 is 0 Å². The Morgan fingerprint density at radius 2 is 1.68 bits per heavy atom. The van der Waals surface area contributed by atoms with Crippen molar-refractivity contribution in [2.24, 2.45) is 5.92 Å². The number of nitrogens with zero attached hydrogens (tertiary/aromatic N) is 2. The van der Waals surface area contributed by atoms with Crippen molar-refractivity contribution in [3.63, 3.8) is 0 Å². The molecule has 224 valence electrons. The lowest BCUT2D eigenvalue weighted by Gasteiger charge is -2.28. The van der Waals surface area contributed by atoms with Gasteiger partial charge in [0.05, 0.1) is 31.9 Å². The Morgan fingerprint density at radius 3 is 2.29 bits per heavy atom. The summed E-state index contributed by atoms with van der Waals surface area (Å²) in [6.45, 7) is 14.3. The minimum Gasteiger partial charge on any atom is -0.507 e. The van der Waals surface area contributed by atoms with Crippen LogP contribution in [0.4, 0.5) is 0 Å². The predicted molar refractivity (Wildman–Crippen MR) is 162 cm³/mol. The molecule has 1 N–H and O–H groups in total. The number of carbonyl (C=O) groups excluding carboxylic acids is 2. The normalized spacial score (nSPS) is 16.6. The Bertz CT molecular complexity index is 1190. The van der Waals surface area contributed by atoms with Gasteiger partial charge in [-0.15, -0.1) is 0 Å². The molecule has 41 heavy (non-hydrogen) atoms. The van der Waals surface area contributed by atoms with Crippen molar-refractivity contribution in [2.75, 3.05) is 46.5 Å². The first-order chi connectivity index (χ1) is 19.7. The van der Waals surface area contributed by atoms with Crippen molar-refractivity contribution in [2.45, 2.75) is 59.9 Å². The molecule has 0 aliphatic carbocycles. The maximum absolute atomic E-state index is 13.5.